The van der Waals surface area contributed by atoms with Crippen LogP contribution >= 0.6 is 0 Å². The van der Waals surface area contributed by atoms with E-state index in [0.717, 1.165) is 17.5 Å². The summed E-state index contributed by atoms with van der Waals surface area (Å²) >= 11 is 0. The molecule has 0 radical (unpaired) electrons. The van der Waals surface area contributed by atoms with E-state index in [0.29, 0.717) is 5.69 Å². The predicted molar refractivity (Wildman–Crippen MR) is 86.7 cm³/mol. The molecular formula is C17H15F3N4O. The summed E-state index contributed by atoms with van der Waals surface area (Å²) in [5.74, 6) is 0.891. The van der Waals surface area contributed by atoms with Crippen molar-refractivity contribution in [1.82, 2.24) is 14.8 Å². The van der Waals surface area contributed by atoms with Gasteiger partial charge in [-0.15, -0.1) is 0 Å². The molecule has 5 nitrogen and oxygen atoms in total. The van der Waals surface area contributed by atoms with Gasteiger partial charge in [0.05, 0.1) is 25.0 Å². The lowest BCUT2D eigenvalue weighted by Crippen LogP contribution is -2.10. The minimum atomic E-state index is -4.46. The summed E-state index contributed by atoms with van der Waals surface area (Å²) in [6, 6.07) is 12.9. The lowest BCUT2D eigenvalue weighted by Gasteiger charge is -2.08. The van der Waals surface area contributed by atoms with Crippen molar-refractivity contribution in [2.45, 2.75) is 12.7 Å². The zero-order valence-corrected chi connectivity index (χ0v) is 13.3. The quantitative estimate of drug-likeness (QED) is 0.760. The van der Waals surface area contributed by atoms with E-state index in [-0.39, 0.29) is 12.4 Å². The normalized spacial score (nSPS) is 11.4. The molecule has 0 aliphatic rings. The zero-order valence-electron chi connectivity index (χ0n) is 13.3. The van der Waals surface area contributed by atoms with Crippen LogP contribution < -0.4 is 10.1 Å². The smallest absolute Gasteiger partial charge is 0.433 e. The molecule has 1 aromatic carbocycles. The fraction of sp³-hybridized carbons (Fsp3) is 0.176. The topological polar surface area (TPSA) is 52.0 Å². The molecule has 2 aromatic heterocycles. The Morgan fingerprint density at radius 2 is 1.84 bits per heavy atom. The number of aromatic nitrogens is 3. The van der Waals surface area contributed by atoms with Gasteiger partial charge >= 0.3 is 6.18 Å². The van der Waals surface area contributed by atoms with Gasteiger partial charge in [-0.3, -0.25) is 0 Å². The molecule has 0 amide bonds. The maximum Gasteiger partial charge on any atom is 0.433 e. The lowest BCUT2D eigenvalue weighted by atomic mass is 10.3. The Bertz CT molecular complexity index is 844. The third-order valence-corrected chi connectivity index (χ3v) is 3.47. The first-order valence-corrected chi connectivity index (χ1v) is 7.43. The number of pyridine rings is 1. The molecule has 0 aliphatic heterocycles. The molecule has 1 N–H and O–H groups in total. The highest BCUT2D eigenvalue weighted by atomic mass is 19.4. The van der Waals surface area contributed by atoms with Crippen molar-refractivity contribution in [3.05, 3.63) is 66.1 Å². The van der Waals surface area contributed by atoms with Crippen LogP contribution in [-0.4, -0.2) is 21.9 Å². The molecule has 130 valence electrons. The number of anilines is 1. The molecule has 0 atom stereocenters. The van der Waals surface area contributed by atoms with E-state index in [1.807, 2.05) is 24.3 Å². The van der Waals surface area contributed by atoms with Crippen molar-refractivity contribution in [3.63, 3.8) is 0 Å². The molecule has 0 unspecified atom stereocenters. The summed E-state index contributed by atoms with van der Waals surface area (Å²) in [6.07, 6.45) is -2.69. The van der Waals surface area contributed by atoms with Crippen LogP contribution in [-0.2, 0) is 12.7 Å². The van der Waals surface area contributed by atoms with E-state index in [1.54, 1.807) is 24.1 Å². The summed E-state index contributed by atoms with van der Waals surface area (Å²) in [6.45, 7) is 0.261. The van der Waals surface area contributed by atoms with Crippen molar-refractivity contribution >= 4 is 5.82 Å². The third kappa shape index (κ3) is 4.09. The van der Waals surface area contributed by atoms with Crippen LogP contribution in [0.2, 0.25) is 0 Å². The van der Waals surface area contributed by atoms with Crippen molar-refractivity contribution in [3.8, 4) is 11.4 Å². The van der Waals surface area contributed by atoms with Gasteiger partial charge in [0, 0.05) is 6.20 Å². The lowest BCUT2D eigenvalue weighted by molar-refractivity contribution is -0.141. The first-order chi connectivity index (χ1) is 12.0. The minimum absolute atomic E-state index is 0.147. The first-order valence-electron chi connectivity index (χ1n) is 7.43. The standard InChI is InChI=1S/C17H15F3N4O/c1-25-14-7-5-13(6-8-14)24-10-9-12(23-24)11-21-16-4-2-3-15(22-16)17(18,19)20/h2-10H,11H2,1H3,(H,21,22). The van der Waals surface area contributed by atoms with Crippen molar-refractivity contribution < 1.29 is 17.9 Å². The Morgan fingerprint density at radius 1 is 1.08 bits per heavy atom. The Morgan fingerprint density at radius 3 is 2.52 bits per heavy atom. The largest absolute Gasteiger partial charge is 0.497 e. The fourth-order valence-corrected chi connectivity index (χ4v) is 2.21. The van der Waals surface area contributed by atoms with Gasteiger partial charge in [0.25, 0.3) is 0 Å². The average Bonchev–Trinajstić information content (AvgIpc) is 3.08. The molecule has 0 spiro atoms. The van der Waals surface area contributed by atoms with Gasteiger partial charge in [-0.25, -0.2) is 9.67 Å². The van der Waals surface area contributed by atoms with E-state index in [1.165, 1.54) is 12.1 Å². The number of alkyl halides is 3. The highest BCUT2D eigenvalue weighted by molar-refractivity contribution is 5.38. The monoisotopic (exact) mass is 348 g/mol. The fourth-order valence-electron chi connectivity index (χ4n) is 2.21. The van der Waals surface area contributed by atoms with Crippen LogP contribution in [0.25, 0.3) is 5.69 Å². The number of nitrogens with one attached hydrogen (secondary N) is 1. The van der Waals surface area contributed by atoms with Gasteiger partial charge in [0.2, 0.25) is 0 Å². The van der Waals surface area contributed by atoms with E-state index in [9.17, 15) is 13.2 Å². The maximum absolute atomic E-state index is 12.7. The van der Waals surface area contributed by atoms with Gasteiger partial charge in [0.15, 0.2) is 0 Å². The maximum atomic E-state index is 12.7. The second kappa shape index (κ2) is 6.84. The SMILES string of the molecule is COc1ccc(-n2ccc(CNc3cccc(C(F)(F)F)n3)n2)cc1. The molecular weight excluding hydrogens is 333 g/mol. The van der Waals surface area contributed by atoms with Gasteiger partial charge in [-0.2, -0.15) is 18.3 Å². The minimum Gasteiger partial charge on any atom is -0.497 e. The van der Waals surface area contributed by atoms with Crippen LogP contribution in [0.5, 0.6) is 5.75 Å². The highest BCUT2D eigenvalue weighted by Crippen LogP contribution is 2.28. The van der Waals surface area contributed by atoms with Crippen molar-refractivity contribution in [2.75, 3.05) is 12.4 Å². The third-order valence-electron chi connectivity index (χ3n) is 3.47. The van der Waals surface area contributed by atoms with Gasteiger partial charge in [-0.05, 0) is 42.5 Å². The second-order valence-corrected chi connectivity index (χ2v) is 5.21. The van der Waals surface area contributed by atoms with Crippen molar-refractivity contribution in [2.24, 2.45) is 0 Å². The number of hydrogen-bond acceptors (Lipinski definition) is 4. The molecule has 3 aromatic rings. The molecule has 0 aliphatic carbocycles. The molecule has 0 saturated heterocycles. The van der Waals surface area contributed by atoms with Gasteiger partial charge < -0.3 is 10.1 Å². The van der Waals surface area contributed by atoms with E-state index < -0.39 is 11.9 Å². The Labute approximate surface area is 142 Å². The molecule has 0 bridgehead atoms. The summed E-state index contributed by atoms with van der Waals surface area (Å²) in [5, 5.41) is 7.24. The zero-order chi connectivity index (χ0) is 17.9. The summed E-state index contributed by atoms with van der Waals surface area (Å²) in [7, 11) is 1.59. The van der Waals surface area contributed by atoms with Crippen LogP contribution in [0.3, 0.4) is 0 Å². The molecule has 0 saturated carbocycles. The number of rotatable bonds is 5. The summed E-state index contributed by atoms with van der Waals surface area (Å²) in [5.41, 5.74) is 0.598. The number of halogens is 3. The Balaban J connectivity index is 1.67. The Kier molecular flexibility index (Phi) is 4.60. The summed E-state index contributed by atoms with van der Waals surface area (Å²) in [4.78, 5) is 3.56. The van der Waals surface area contributed by atoms with Crippen LogP contribution in [0.15, 0.2) is 54.7 Å². The second-order valence-electron chi connectivity index (χ2n) is 5.21. The van der Waals surface area contributed by atoms with Gasteiger partial charge in [0.1, 0.15) is 17.3 Å². The average molecular weight is 348 g/mol. The van der Waals surface area contributed by atoms with E-state index in [2.05, 4.69) is 15.4 Å². The highest BCUT2D eigenvalue weighted by Gasteiger charge is 2.32. The molecule has 8 heteroatoms. The summed E-state index contributed by atoms with van der Waals surface area (Å²) < 4.78 is 44.8. The van der Waals surface area contributed by atoms with Gasteiger partial charge in [-0.1, -0.05) is 6.07 Å². The molecule has 3 rings (SSSR count). The number of benzene rings is 1. The van der Waals surface area contributed by atoms with Crippen LogP contribution in [0.4, 0.5) is 19.0 Å². The Hall–Kier alpha value is -3.03. The number of methoxy groups -OCH3 is 1. The number of nitrogens with zero attached hydrogens (tertiary/aromatic N) is 3. The molecule has 0 fully saturated rings. The number of hydrogen-bond donors (Lipinski definition) is 1. The van der Waals surface area contributed by atoms with E-state index >= 15 is 0 Å². The number of ether oxygens (including phenoxy) is 1. The van der Waals surface area contributed by atoms with Crippen LogP contribution in [0.1, 0.15) is 11.4 Å². The molecule has 2 heterocycles. The van der Waals surface area contributed by atoms with Crippen molar-refractivity contribution in [1.29, 1.82) is 0 Å². The predicted octanol–water partition coefficient (Wildman–Crippen LogP) is 3.91. The molecule has 25 heavy (non-hydrogen) atoms. The van der Waals surface area contributed by atoms with Crippen LogP contribution in [0, 0.1) is 0 Å². The first kappa shape index (κ1) is 16.8. The van der Waals surface area contributed by atoms with E-state index in [4.69, 9.17) is 4.74 Å².